The van der Waals surface area contributed by atoms with Gasteiger partial charge in [0.2, 0.25) is 5.91 Å². The fraction of sp³-hybridized carbons (Fsp3) is 0.391. The molecule has 4 rings (SSSR count). The van der Waals surface area contributed by atoms with Gasteiger partial charge in [0.1, 0.15) is 5.75 Å². The first-order valence-corrected chi connectivity index (χ1v) is 9.86. The van der Waals surface area contributed by atoms with Crippen LogP contribution in [0.5, 0.6) is 5.75 Å². The number of nitrogens with zero attached hydrogens (tertiary/aromatic N) is 2. The molecule has 28 heavy (non-hydrogen) atoms. The van der Waals surface area contributed by atoms with Crippen molar-refractivity contribution in [1.29, 1.82) is 0 Å². The van der Waals surface area contributed by atoms with Crippen LogP contribution in [0.4, 0.5) is 0 Å². The van der Waals surface area contributed by atoms with E-state index in [1.807, 2.05) is 47.2 Å². The van der Waals surface area contributed by atoms with Crippen LogP contribution in [0.1, 0.15) is 41.1 Å². The Balaban J connectivity index is 1.49. The maximum absolute atomic E-state index is 12.8. The number of likely N-dealkylation sites (N-methyl/N-ethyl adjacent to an activating group) is 1. The lowest BCUT2D eigenvalue weighted by atomic mass is 9.67. The third-order valence-electron chi connectivity index (χ3n) is 6.33. The first kappa shape index (κ1) is 18.5. The van der Waals surface area contributed by atoms with Crippen LogP contribution < -0.4 is 0 Å². The number of para-hydroxylation sites is 1. The lowest BCUT2D eigenvalue weighted by molar-refractivity contribution is -0.139. The zero-order valence-electron chi connectivity index (χ0n) is 16.2. The molecule has 0 aromatic heterocycles. The average molecular weight is 378 g/mol. The van der Waals surface area contributed by atoms with Gasteiger partial charge < -0.3 is 14.9 Å². The molecule has 2 aromatic rings. The standard InChI is InChI=1S/C23H26N2O3/c1-24-16-23(15-19(21(24)27)17-7-3-2-4-8-17)11-13-25(14-12-23)22(28)18-9-5-6-10-20(18)26/h2-10,19,26H,11-16H2,1H3. The van der Waals surface area contributed by atoms with E-state index in [9.17, 15) is 14.7 Å². The van der Waals surface area contributed by atoms with E-state index in [1.165, 1.54) is 0 Å². The van der Waals surface area contributed by atoms with Gasteiger partial charge in [0.05, 0.1) is 11.5 Å². The molecule has 2 aliphatic heterocycles. The van der Waals surface area contributed by atoms with Crippen LogP contribution >= 0.6 is 0 Å². The molecule has 0 aliphatic carbocycles. The summed E-state index contributed by atoms with van der Waals surface area (Å²) in [6.45, 7) is 2.04. The highest BCUT2D eigenvalue weighted by atomic mass is 16.3. The van der Waals surface area contributed by atoms with Crippen molar-refractivity contribution in [3.05, 3.63) is 65.7 Å². The fourth-order valence-corrected chi connectivity index (χ4v) is 4.75. The molecule has 5 nitrogen and oxygen atoms in total. The lowest BCUT2D eigenvalue weighted by Gasteiger charge is -2.49. The molecule has 1 unspecified atom stereocenters. The Morgan fingerprint density at radius 1 is 1.04 bits per heavy atom. The number of benzene rings is 2. The Bertz CT molecular complexity index is 872. The largest absolute Gasteiger partial charge is 0.507 e. The minimum absolute atomic E-state index is 0.0277. The Labute approximate surface area is 165 Å². The van der Waals surface area contributed by atoms with Gasteiger partial charge in [0.15, 0.2) is 0 Å². The van der Waals surface area contributed by atoms with Crippen molar-refractivity contribution < 1.29 is 14.7 Å². The van der Waals surface area contributed by atoms with Gasteiger partial charge in [-0.25, -0.2) is 0 Å². The van der Waals surface area contributed by atoms with E-state index in [2.05, 4.69) is 0 Å². The number of piperidine rings is 2. The van der Waals surface area contributed by atoms with Gasteiger partial charge in [-0.15, -0.1) is 0 Å². The summed E-state index contributed by atoms with van der Waals surface area (Å²) in [4.78, 5) is 29.3. The first-order chi connectivity index (χ1) is 13.5. The molecular formula is C23H26N2O3. The molecule has 0 radical (unpaired) electrons. The van der Waals surface area contributed by atoms with Gasteiger partial charge in [-0.05, 0) is 42.4 Å². The zero-order chi connectivity index (χ0) is 19.7. The summed E-state index contributed by atoms with van der Waals surface area (Å²) in [6.07, 6.45) is 2.57. The maximum atomic E-state index is 12.8. The van der Waals surface area contributed by atoms with Crippen LogP contribution in [0, 0.1) is 5.41 Å². The molecule has 2 amide bonds. The summed E-state index contributed by atoms with van der Waals surface area (Å²) in [5, 5.41) is 9.99. The molecular weight excluding hydrogens is 352 g/mol. The molecule has 1 atom stereocenters. The van der Waals surface area contributed by atoms with Crippen molar-refractivity contribution in [3.63, 3.8) is 0 Å². The number of rotatable bonds is 2. The summed E-state index contributed by atoms with van der Waals surface area (Å²) in [7, 11) is 1.89. The van der Waals surface area contributed by atoms with Crippen LogP contribution in [-0.4, -0.2) is 53.4 Å². The Hall–Kier alpha value is -2.82. The molecule has 1 spiro atoms. The molecule has 2 fully saturated rings. The number of aromatic hydroxyl groups is 1. The van der Waals surface area contributed by atoms with E-state index in [4.69, 9.17) is 0 Å². The summed E-state index contributed by atoms with van der Waals surface area (Å²) in [6, 6.07) is 16.7. The van der Waals surface area contributed by atoms with Crippen molar-refractivity contribution in [2.75, 3.05) is 26.7 Å². The monoisotopic (exact) mass is 378 g/mol. The Morgan fingerprint density at radius 2 is 1.68 bits per heavy atom. The second kappa shape index (κ2) is 7.30. The van der Waals surface area contributed by atoms with E-state index in [1.54, 1.807) is 24.3 Å². The van der Waals surface area contributed by atoms with Gasteiger partial charge >= 0.3 is 0 Å². The van der Waals surface area contributed by atoms with Crippen LogP contribution in [0.25, 0.3) is 0 Å². The van der Waals surface area contributed by atoms with E-state index in [0.29, 0.717) is 18.7 Å². The predicted octanol–water partition coefficient (Wildman–Crippen LogP) is 3.26. The van der Waals surface area contributed by atoms with Gasteiger partial charge in [0, 0.05) is 26.7 Å². The molecule has 2 heterocycles. The van der Waals surface area contributed by atoms with Gasteiger partial charge in [-0.2, -0.15) is 0 Å². The van der Waals surface area contributed by atoms with Crippen LogP contribution in [0.15, 0.2) is 54.6 Å². The number of carbonyl (C=O) groups excluding carboxylic acids is 2. The first-order valence-electron chi connectivity index (χ1n) is 9.86. The molecule has 2 saturated heterocycles. The van der Waals surface area contributed by atoms with Gasteiger partial charge in [0.25, 0.3) is 5.91 Å². The number of hydrogen-bond donors (Lipinski definition) is 1. The quantitative estimate of drug-likeness (QED) is 0.873. The van der Waals surface area contributed by atoms with Gasteiger partial charge in [-0.1, -0.05) is 42.5 Å². The van der Waals surface area contributed by atoms with Crippen molar-refractivity contribution in [1.82, 2.24) is 9.80 Å². The maximum Gasteiger partial charge on any atom is 0.257 e. The second-order valence-electron chi connectivity index (χ2n) is 8.17. The minimum atomic E-state index is -0.118. The Morgan fingerprint density at radius 3 is 2.36 bits per heavy atom. The third-order valence-corrected chi connectivity index (χ3v) is 6.33. The minimum Gasteiger partial charge on any atom is -0.507 e. The van der Waals surface area contributed by atoms with E-state index < -0.39 is 0 Å². The molecule has 0 saturated carbocycles. The molecule has 0 bridgehead atoms. The summed E-state index contributed by atoms with van der Waals surface area (Å²) in [5.74, 6) is -0.0161. The number of hydrogen-bond acceptors (Lipinski definition) is 3. The third kappa shape index (κ3) is 3.37. The smallest absolute Gasteiger partial charge is 0.257 e. The van der Waals surface area contributed by atoms with Crippen molar-refractivity contribution in [2.45, 2.75) is 25.2 Å². The van der Waals surface area contributed by atoms with Crippen molar-refractivity contribution in [2.24, 2.45) is 5.41 Å². The van der Waals surface area contributed by atoms with Crippen LogP contribution in [-0.2, 0) is 4.79 Å². The zero-order valence-corrected chi connectivity index (χ0v) is 16.2. The van der Waals surface area contributed by atoms with Crippen LogP contribution in [0.2, 0.25) is 0 Å². The molecule has 2 aliphatic rings. The SMILES string of the molecule is CN1CC2(CCN(C(=O)c3ccccc3O)CC2)CC(c2ccccc2)C1=O. The number of likely N-dealkylation sites (tertiary alicyclic amines) is 2. The molecule has 146 valence electrons. The van der Waals surface area contributed by atoms with Gasteiger partial charge in [-0.3, -0.25) is 9.59 Å². The predicted molar refractivity (Wildman–Crippen MR) is 107 cm³/mol. The number of phenolic OH excluding ortho intramolecular Hbond substituents is 1. The van der Waals surface area contributed by atoms with Crippen molar-refractivity contribution in [3.8, 4) is 5.75 Å². The Kier molecular flexibility index (Phi) is 4.84. The number of amides is 2. The summed E-state index contributed by atoms with van der Waals surface area (Å²) in [5.41, 5.74) is 1.47. The van der Waals surface area contributed by atoms with Crippen LogP contribution in [0.3, 0.4) is 0 Å². The average Bonchev–Trinajstić information content (AvgIpc) is 2.72. The highest BCUT2D eigenvalue weighted by molar-refractivity contribution is 5.96. The second-order valence-corrected chi connectivity index (χ2v) is 8.17. The summed E-state index contributed by atoms with van der Waals surface area (Å²) < 4.78 is 0. The summed E-state index contributed by atoms with van der Waals surface area (Å²) >= 11 is 0. The van der Waals surface area contributed by atoms with E-state index in [0.717, 1.165) is 31.4 Å². The normalized spacial score (nSPS) is 21.8. The topological polar surface area (TPSA) is 60.9 Å². The molecule has 5 heteroatoms. The highest BCUT2D eigenvalue weighted by Crippen LogP contribution is 2.45. The molecule has 1 N–H and O–H groups in total. The van der Waals surface area contributed by atoms with Crippen molar-refractivity contribution >= 4 is 11.8 Å². The van der Waals surface area contributed by atoms with E-state index >= 15 is 0 Å². The highest BCUT2D eigenvalue weighted by Gasteiger charge is 2.45. The molecule has 2 aromatic carbocycles. The van der Waals surface area contributed by atoms with E-state index in [-0.39, 0.29) is 28.9 Å². The number of carbonyl (C=O) groups is 2. The fourth-order valence-electron chi connectivity index (χ4n) is 4.75. The lowest BCUT2D eigenvalue weighted by Crippen LogP contribution is -2.53. The number of phenols is 1.